The maximum absolute atomic E-state index is 12.4. The Morgan fingerprint density at radius 2 is 1.91 bits per heavy atom. The molecular weight excluding hydrogens is 303 g/mol. The van der Waals surface area contributed by atoms with Gasteiger partial charge in [-0.3, -0.25) is 0 Å². The highest BCUT2D eigenvalue weighted by molar-refractivity contribution is 5.87. The van der Waals surface area contributed by atoms with Gasteiger partial charge in [0.1, 0.15) is 0 Å². The van der Waals surface area contributed by atoms with Gasteiger partial charge in [-0.15, -0.1) is 0 Å². The fourth-order valence-corrected chi connectivity index (χ4v) is 3.36. The molecule has 0 amide bonds. The van der Waals surface area contributed by atoms with Crippen molar-refractivity contribution in [3.05, 3.63) is 34.5 Å². The van der Waals surface area contributed by atoms with Crippen LogP contribution in [0.4, 0.5) is 13.2 Å². The monoisotopic (exact) mass is 325 g/mol. The summed E-state index contributed by atoms with van der Waals surface area (Å²) in [4.78, 5) is 0. The fraction of sp³-hybridized carbons (Fsp3) is 0.529. The first-order valence-corrected chi connectivity index (χ1v) is 7.87. The van der Waals surface area contributed by atoms with Gasteiger partial charge in [0.05, 0.1) is 6.54 Å². The van der Waals surface area contributed by atoms with Gasteiger partial charge < -0.3 is 15.2 Å². The molecule has 1 unspecified atom stereocenters. The average molecular weight is 325 g/mol. The number of aromatic nitrogens is 1. The van der Waals surface area contributed by atoms with Crippen LogP contribution in [0.5, 0.6) is 0 Å². The second-order valence-corrected chi connectivity index (χ2v) is 6.47. The molecule has 0 bridgehead atoms. The number of hydrogen-bond acceptors (Lipinski definition) is 2. The molecular formula is C17H22F3N3. The summed E-state index contributed by atoms with van der Waals surface area (Å²) in [7, 11) is 2.02. The largest absolute Gasteiger partial charge is 0.401 e. The zero-order valence-corrected chi connectivity index (χ0v) is 13.6. The van der Waals surface area contributed by atoms with E-state index in [4.69, 9.17) is 0 Å². The van der Waals surface area contributed by atoms with E-state index in [-0.39, 0.29) is 6.04 Å². The number of fused-ring (bicyclic) bond motifs is 2. The van der Waals surface area contributed by atoms with E-state index < -0.39 is 12.7 Å². The van der Waals surface area contributed by atoms with Gasteiger partial charge in [-0.25, -0.2) is 0 Å². The van der Waals surface area contributed by atoms with Gasteiger partial charge in [-0.2, -0.15) is 13.2 Å². The van der Waals surface area contributed by atoms with E-state index in [0.29, 0.717) is 6.42 Å². The Balaban J connectivity index is 1.90. The SMILES string of the molecule is Cc1c(CC(C)NCC(F)(F)F)c2cc3c(cc2n1C)CNC3. The van der Waals surface area contributed by atoms with Crippen LogP contribution in [0.1, 0.15) is 29.3 Å². The van der Waals surface area contributed by atoms with Crippen molar-refractivity contribution < 1.29 is 13.2 Å². The average Bonchev–Trinajstić information content (AvgIpc) is 3.01. The Hall–Kier alpha value is -1.53. The van der Waals surface area contributed by atoms with Crippen LogP contribution in [0.3, 0.4) is 0 Å². The van der Waals surface area contributed by atoms with Gasteiger partial charge in [-0.1, -0.05) is 0 Å². The highest BCUT2D eigenvalue weighted by Crippen LogP contribution is 2.30. The molecule has 0 saturated heterocycles. The number of halogens is 3. The molecule has 1 aromatic carbocycles. The Kier molecular flexibility index (Phi) is 4.14. The lowest BCUT2D eigenvalue weighted by Crippen LogP contribution is -2.36. The van der Waals surface area contributed by atoms with Crippen molar-refractivity contribution in [1.82, 2.24) is 15.2 Å². The minimum absolute atomic E-state index is 0.229. The molecule has 126 valence electrons. The van der Waals surface area contributed by atoms with Crippen LogP contribution in [0, 0.1) is 6.92 Å². The van der Waals surface area contributed by atoms with Crippen LogP contribution in [-0.4, -0.2) is 23.3 Å². The van der Waals surface area contributed by atoms with E-state index >= 15 is 0 Å². The smallest absolute Gasteiger partial charge is 0.348 e. The number of nitrogens with zero attached hydrogens (tertiary/aromatic N) is 1. The van der Waals surface area contributed by atoms with Gasteiger partial charge in [0, 0.05) is 42.8 Å². The van der Waals surface area contributed by atoms with Crippen molar-refractivity contribution in [2.75, 3.05) is 6.54 Å². The lowest BCUT2D eigenvalue weighted by molar-refractivity contribution is -0.126. The maximum Gasteiger partial charge on any atom is 0.401 e. The number of alkyl halides is 3. The van der Waals surface area contributed by atoms with Crippen molar-refractivity contribution in [2.24, 2.45) is 7.05 Å². The summed E-state index contributed by atoms with van der Waals surface area (Å²) in [6, 6.07) is 4.17. The van der Waals surface area contributed by atoms with E-state index in [2.05, 4.69) is 27.3 Å². The van der Waals surface area contributed by atoms with Crippen molar-refractivity contribution in [3.8, 4) is 0 Å². The Bertz CT molecular complexity index is 731. The maximum atomic E-state index is 12.4. The van der Waals surface area contributed by atoms with Gasteiger partial charge in [0.2, 0.25) is 0 Å². The molecule has 23 heavy (non-hydrogen) atoms. The highest BCUT2D eigenvalue weighted by Gasteiger charge is 2.27. The molecule has 0 aliphatic carbocycles. The van der Waals surface area contributed by atoms with Crippen LogP contribution in [0.15, 0.2) is 12.1 Å². The highest BCUT2D eigenvalue weighted by atomic mass is 19.4. The van der Waals surface area contributed by atoms with Crippen LogP contribution >= 0.6 is 0 Å². The van der Waals surface area contributed by atoms with Gasteiger partial charge in [0.15, 0.2) is 0 Å². The third kappa shape index (κ3) is 3.23. The summed E-state index contributed by atoms with van der Waals surface area (Å²) in [6.07, 6.45) is -3.58. The third-order valence-corrected chi connectivity index (χ3v) is 4.74. The van der Waals surface area contributed by atoms with E-state index in [1.807, 2.05) is 14.0 Å². The van der Waals surface area contributed by atoms with E-state index in [9.17, 15) is 13.2 Å². The molecule has 1 aliphatic heterocycles. The third-order valence-electron chi connectivity index (χ3n) is 4.74. The molecule has 1 atom stereocenters. The summed E-state index contributed by atoms with van der Waals surface area (Å²) >= 11 is 0. The number of nitrogens with one attached hydrogen (secondary N) is 2. The zero-order valence-electron chi connectivity index (χ0n) is 13.6. The number of hydrogen-bond donors (Lipinski definition) is 2. The van der Waals surface area contributed by atoms with Crippen molar-refractivity contribution >= 4 is 10.9 Å². The molecule has 1 aromatic heterocycles. The summed E-state index contributed by atoms with van der Waals surface area (Å²) in [6.45, 7) is 4.64. The molecule has 6 heteroatoms. The Morgan fingerprint density at radius 3 is 2.57 bits per heavy atom. The predicted octanol–water partition coefficient (Wildman–Crippen LogP) is 3.17. The van der Waals surface area contributed by atoms with E-state index in [1.165, 1.54) is 11.1 Å². The molecule has 0 saturated carbocycles. The van der Waals surface area contributed by atoms with Crippen LogP contribution in [-0.2, 0) is 26.6 Å². The first kappa shape index (κ1) is 16.3. The van der Waals surface area contributed by atoms with Crippen molar-refractivity contribution in [1.29, 1.82) is 0 Å². The van der Waals surface area contributed by atoms with Crippen LogP contribution in [0.2, 0.25) is 0 Å². The zero-order chi connectivity index (χ0) is 16.8. The lowest BCUT2D eigenvalue weighted by atomic mass is 10.0. The van der Waals surface area contributed by atoms with Gasteiger partial charge in [-0.05, 0) is 49.1 Å². The standard InChI is InChI=1S/C17H22F3N3/c1-10(22-9-17(18,19)20)4-14-11(2)23(3)16-6-13-8-21-7-12(13)5-15(14)16/h5-6,10,21-22H,4,7-9H2,1-3H3. The second kappa shape index (κ2) is 5.83. The van der Waals surface area contributed by atoms with Crippen molar-refractivity contribution in [2.45, 2.75) is 45.6 Å². The van der Waals surface area contributed by atoms with Crippen LogP contribution < -0.4 is 10.6 Å². The van der Waals surface area contributed by atoms with Crippen molar-refractivity contribution in [3.63, 3.8) is 0 Å². The molecule has 1 aliphatic rings. The summed E-state index contributed by atoms with van der Waals surface area (Å²) in [5.41, 5.74) is 6.02. The molecule has 3 nitrogen and oxygen atoms in total. The Morgan fingerprint density at radius 1 is 1.26 bits per heavy atom. The first-order valence-electron chi connectivity index (χ1n) is 7.87. The minimum atomic E-state index is -4.17. The molecule has 0 radical (unpaired) electrons. The molecule has 3 rings (SSSR count). The Labute approximate surface area is 133 Å². The van der Waals surface area contributed by atoms with Crippen LogP contribution in [0.25, 0.3) is 10.9 Å². The number of rotatable bonds is 4. The second-order valence-electron chi connectivity index (χ2n) is 6.47. The summed E-state index contributed by atoms with van der Waals surface area (Å²) in [5, 5.41) is 7.08. The van der Waals surface area contributed by atoms with E-state index in [0.717, 1.165) is 35.2 Å². The molecule has 0 spiro atoms. The first-order chi connectivity index (χ1) is 10.8. The molecule has 2 heterocycles. The number of aryl methyl sites for hydroxylation is 1. The molecule has 2 aromatic rings. The lowest BCUT2D eigenvalue weighted by Gasteiger charge is -2.16. The van der Waals surface area contributed by atoms with Gasteiger partial charge >= 0.3 is 6.18 Å². The minimum Gasteiger partial charge on any atom is -0.348 e. The normalized spacial score (nSPS) is 16.1. The van der Waals surface area contributed by atoms with Gasteiger partial charge in [0.25, 0.3) is 0 Å². The summed E-state index contributed by atoms with van der Waals surface area (Å²) in [5.74, 6) is 0. The number of benzene rings is 1. The molecule has 0 fully saturated rings. The molecule has 2 N–H and O–H groups in total. The fourth-order valence-electron chi connectivity index (χ4n) is 3.36. The summed E-state index contributed by atoms with van der Waals surface area (Å²) < 4.78 is 39.2. The quantitative estimate of drug-likeness (QED) is 0.904. The topological polar surface area (TPSA) is 29.0 Å². The predicted molar refractivity (Wildman–Crippen MR) is 85.4 cm³/mol. The van der Waals surface area contributed by atoms with E-state index in [1.54, 1.807) is 6.92 Å².